The summed E-state index contributed by atoms with van der Waals surface area (Å²) in [5.74, 6) is -0.0916. The molecule has 0 fully saturated rings. The van der Waals surface area contributed by atoms with Crippen LogP contribution in [-0.4, -0.2) is 47.3 Å². The summed E-state index contributed by atoms with van der Waals surface area (Å²) in [5, 5.41) is 3.42. The molecule has 6 nitrogen and oxygen atoms in total. The van der Waals surface area contributed by atoms with Gasteiger partial charge in [-0.15, -0.1) is 0 Å². The van der Waals surface area contributed by atoms with E-state index in [2.05, 4.69) is 10.2 Å². The van der Waals surface area contributed by atoms with Crippen LogP contribution in [0.15, 0.2) is 54.6 Å². The number of nitrogens with zero attached hydrogens (tertiary/aromatic N) is 2. The van der Waals surface area contributed by atoms with Gasteiger partial charge in [-0.1, -0.05) is 29.8 Å². The van der Waals surface area contributed by atoms with Crippen LogP contribution in [0, 0.1) is 0 Å². The van der Waals surface area contributed by atoms with Crippen LogP contribution in [0.2, 0.25) is 5.02 Å². The molecular formula is C20H26ClN3O3S. The quantitative estimate of drug-likeness (QED) is 0.637. The van der Waals surface area contributed by atoms with Crippen molar-refractivity contribution in [3.8, 4) is 0 Å². The van der Waals surface area contributed by atoms with E-state index in [9.17, 15) is 13.2 Å². The number of rotatable bonds is 10. The summed E-state index contributed by atoms with van der Waals surface area (Å²) >= 11 is 5.86. The average molecular weight is 424 g/mol. The molecule has 0 radical (unpaired) electrons. The van der Waals surface area contributed by atoms with Gasteiger partial charge in [-0.3, -0.25) is 9.10 Å². The summed E-state index contributed by atoms with van der Waals surface area (Å²) < 4.78 is 25.4. The summed E-state index contributed by atoms with van der Waals surface area (Å²) in [5.41, 5.74) is 1.63. The first-order chi connectivity index (χ1) is 13.3. The van der Waals surface area contributed by atoms with Crippen LogP contribution in [0.4, 0.5) is 11.4 Å². The predicted octanol–water partition coefficient (Wildman–Crippen LogP) is 3.14. The molecule has 0 aliphatic heterocycles. The zero-order valence-corrected chi connectivity index (χ0v) is 17.7. The molecule has 1 N–H and O–H groups in total. The lowest BCUT2D eigenvalue weighted by atomic mass is 10.2. The van der Waals surface area contributed by atoms with E-state index in [-0.39, 0.29) is 18.9 Å². The minimum atomic E-state index is -3.44. The Kier molecular flexibility index (Phi) is 8.14. The summed E-state index contributed by atoms with van der Waals surface area (Å²) in [4.78, 5) is 14.1. The molecule has 0 saturated heterocycles. The van der Waals surface area contributed by atoms with E-state index in [0.717, 1.165) is 11.9 Å². The van der Waals surface area contributed by atoms with Crippen molar-refractivity contribution >= 4 is 38.9 Å². The lowest BCUT2D eigenvalue weighted by molar-refractivity contribution is -0.121. The molecule has 0 aromatic heterocycles. The number of carbonyl (C=O) groups excluding carboxylic acids is 1. The van der Waals surface area contributed by atoms with Gasteiger partial charge in [0.1, 0.15) is 0 Å². The summed E-state index contributed by atoms with van der Waals surface area (Å²) in [6, 6.07) is 16.5. The van der Waals surface area contributed by atoms with E-state index < -0.39 is 10.0 Å². The van der Waals surface area contributed by atoms with Crippen LogP contribution < -0.4 is 14.5 Å². The second-order valence-corrected chi connectivity index (χ2v) is 8.87. The molecule has 0 spiro atoms. The molecule has 0 bridgehead atoms. The number of anilines is 2. The Hall–Kier alpha value is -2.25. The number of amides is 1. The molecule has 1 amide bonds. The number of benzene rings is 2. The van der Waals surface area contributed by atoms with Gasteiger partial charge >= 0.3 is 0 Å². The Labute approximate surface area is 172 Å². The molecule has 28 heavy (non-hydrogen) atoms. The average Bonchev–Trinajstić information content (AvgIpc) is 2.66. The van der Waals surface area contributed by atoms with Gasteiger partial charge < -0.3 is 10.2 Å². The zero-order valence-electron chi connectivity index (χ0n) is 16.1. The minimum Gasteiger partial charge on any atom is -0.373 e. The minimum absolute atomic E-state index is 0.0916. The highest BCUT2D eigenvalue weighted by molar-refractivity contribution is 7.92. The molecule has 8 heteroatoms. The largest absolute Gasteiger partial charge is 0.373 e. The molecule has 0 saturated carbocycles. The third kappa shape index (κ3) is 7.05. The molecule has 0 aliphatic rings. The number of nitrogens with one attached hydrogen (secondary N) is 1. The monoisotopic (exact) mass is 423 g/mol. The molecule has 0 heterocycles. The van der Waals surface area contributed by atoms with E-state index in [1.807, 2.05) is 37.4 Å². The Morgan fingerprint density at radius 3 is 2.25 bits per heavy atom. The Bertz CT molecular complexity index is 858. The first-order valence-corrected chi connectivity index (χ1v) is 11.3. The fourth-order valence-corrected chi connectivity index (χ4v) is 3.83. The maximum atomic E-state index is 12.1. The van der Waals surface area contributed by atoms with Gasteiger partial charge in [0.15, 0.2) is 0 Å². The van der Waals surface area contributed by atoms with E-state index in [0.29, 0.717) is 30.2 Å². The lowest BCUT2D eigenvalue weighted by Crippen LogP contribution is -2.34. The van der Waals surface area contributed by atoms with E-state index in [1.54, 1.807) is 24.3 Å². The van der Waals surface area contributed by atoms with E-state index >= 15 is 0 Å². The van der Waals surface area contributed by atoms with Crippen LogP contribution in [0.5, 0.6) is 0 Å². The van der Waals surface area contributed by atoms with E-state index in [4.69, 9.17) is 11.6 Å². The predicted molar refractivity (Wildman–Crippen MR) is 116 cm³/mol. The maximum absolute atomic E-state index is 12.1. The van der Waals surface area contributed by atoms with Crippen molar-refractivity contribution in [2.75, 3.05) is 42.1 Å². The third-order valence-electron chi connectivity index (χ3n) is 4.25. The molecule has 0 unspecified atom stereocenters. The highest BCUT2D eigenvalue weighted by Crippen LogP contribution is 2.21. The van der Waals surface area contributed by atoms with Crippen LogP contribution >= 0.6 is 11.6 Å². The normalized spacial score (nSPS) is 11.1. The van der Waals surface area contributed by atoms with Gasteiger partial charge in [0.05, 0.1) is 11.9 Å². The fraction of sp³-hybridized carbons (Fsp3) is 0.350. The number of halogens is 1. The number of hydrogen-bond acceptors (Lipinski definition) is 4. The summed E-state index contributed by atoms with van der Waals surface area (Å²) in [7, 11) is -1.47. The Morgan fingerprint density at radius 1 is 1.00 bits per heavy atom. The Morgan fingerprint density at radius 2 is 1.64 bits per heavy atom. The molecular weight excluding hydrogens is 398 g/mol. The van der Waals surface area contributed by atoms with Crippen molar-refractivity contribution < 1.29 is 13.2 Å². The van der Waals surface area contributed by atoms with Gasteiger partial charge in [0, 0.05) is 43.8 Å². The van der Waals surface area contributed by atoms with Crippen molar-refractivity contribution in [1.29, 1.82) is 0 Å². The van der Waals surface area contributed by atoms with Crippen molar-refractivity contribution in [2.45, 2.75) is 12.8 Å². The molecule has 0 aliphatic carbocycles. The second kappa shape index (κ2) is 10.3. The van der Waals surface area contributed by atoms with Gasteiger partial charge in [-0.05, 0) is 42.8 Å². The molecule has 152 valence electrons. The maximum Gasteiger partial charge on any atom is 0.232 e. The molecule has 2 aromatic rings. The van der Waals surface area contributed by atoms with Crippen molar-refractivity contribution in [3.05, 3.63) is 59.6 Å². The summed E-state index contributed by atoms with van der Waals surface area (Å²) in [6.07, 6.45) is 1.84. The molecule has 0 atom stereocenters. The summed E-state index contributed by atoms with van der Waals surface area (Å²) in [6.45, 7) is 1.45. The van der Waals surface area contributed by atoms with Crippen LogP contribution in [0.3, 0.4) is 0 Å². The number of hydrogen-bond donors (Lipinski definition) is 1. The highest BCUT2D eigenvalue weighted by atomic mass is 35.5. The van der Waals surface area contributed by atoms with Gasteiger partial charge in [-0.2, -0.15) is 0 Å². The number of likely N-dealkylation sites (N-methyl/N-ethyl adjacent to an activating group) is 1. The van der Waals surface area contributed by atoms with Crippen LogP contribution in [0.1, 0.15) is 12.8 Å². The molecule has 2 rings (SSSR count). The van der Waals surface area contributed by atoms with E-state index in [1.165, 1.54) is 4.31 Å². The molecule has 2 aromatic carbocycles. The second-order valence-electron chi connectivity index (χ2n) is 6.52. The number of sulfonamides is 1. The Balaban J connectivity index is 1.77. The third-order valence-corrected chi connectivity index (χ3v) is 5.69. The topological polar surface area (TPSA) is 69.7 Å². The van der Waals surface area contributed by atoms with Crippen LogP contribution in [-0.2, 0) is 14.8 Å². The van der Waals surface area contributed by atoms with Gasteiger partial charge in [-0.25, -0.2) is 8.42 Å². The number of para-hydroxylation sites is 1. The van der Waals surface area contributed by atoms with Crippen molar-refractivity contribution in [3.63, 3.8) is 0 Å². The standard InChI is InChI=1S/C20H26ClN3O3S/c1-23(18-7-4-3-5-8-18)16-14-22-20(25)9-6-15-24(28(2,26)27)19-12-10-17(21)11-13-19/h3-5,7-8,10-13H,6,9,14-16H2,1-2H3,(H,22,25). The van der Waals surface area contributed by atoms with Gasteiger partial charge in [0.25, 0.3) is 0 Å². The van der Waals surface area contributed by atoms with Crippen LogP contribution in [0.25, 0.3) is 0 Å². The smallest absolute Gasteiger partial charge is 0.232 e. The van der Waals surface area contributed by atoms with Gasteiger partial charge in [0.2, 0.25) is 15.9 Å². The van der Waals surface area contributed by atoms with Crippen molar-refractivity contribution in [1.82, 2.24) is 5.32 Å². The number of carbonyl (C=O) groups is 1. The lowest BCUT2D eigenvalue weighted by Gasteiger charge is -2.22. The van der Waals surface area contributed by atoms with Crippen molar-refractivity contribution in [2.24, 2.45) is 0 Å². The first-order valence-electron chi connectivity index (χ1n) is 9.03. The first kappa shape index (κ1) is 22.0. The SMILES string of the molecule is CN(CCNC(=O)CCCN(c1ccc(Cl)cc1)S(C)(=O)=O)c1ccccc1. The fourth-order valence-electron chi connectivity index (χ4n) is 2.74. The highest BCUT2D eigenvalue weighted by Gasteiger charge is 2.17. The zero-order chi connectivity index (χ0) is 20.6.